The third-order valence-electron chi connectivity index (χ3n) is 2.05. The van der Waals surface area contributed by atoms with Crippen molar-refractivity contribution in [1.29, 1.82) is 0 Å². The molecule has 1 aromatic heterocycles. The lowest BCUT2D eigenvalue weighted by molar-refractivity contribution is 0.0950. The topological polar surface area (TPSA) is 66.9 Å². The highest BCUT2D eigenvalue weighted by Crippen LogP contribution is 2.06. The molecule has 17 heavy (non-hydrogen) atoms. The van der Waals surface area contributed by atoms with Gasteiger partial charge in [-0.25, -0.2) is 0 Å². The van der Waals surface area contributed by atoms with E-state index < -0.39 is 0 Å². The Bertz CT molecular complexity index is 355. The van der Waals surface area contributed by atoms with E-state index in [0.29, 0.717) is 24.1 Å². The van der Waals surface area contributed by atoms with Crippen LogP contribution in [0.25, 0.3) is 0 Å². The summed E-state index contributed by atoms with van der Waals surface area (Å²) in [5.74, 6) is 1.50. The fraction of sp³-hybridized carbons (Fsp3) is 0.545. The molecule has 0 aromatic carbocycles. The number of anilines is 1. The van der Waals surface area contributed by atoms with Crippen molar-refractivity contribution < 1.29 is 4.79 Å². The van der Waals surface area contributed by atoms with Gasteiger partial charge in [-0.2, -0.15) is 11.8 Å². The number of thioether (sulfide) groups is 1. The molecular weight excluding hydrogens is 236 g/mol. The number of carbonyl (C=O) groups excluding carboxylic acids is 1. The van der Waals surface area contributed by atoms with E-state index in [2.05, 4.69) is 34.0 Å². The van der Waals surface area contributed by atoms with Crippen LogP contribution in [-0.4, -0.2) is 40.7 Å². The van der Waals surface area contributed by atoms with Crippen LogP contribution < -0.4 is 10.6 Å². The predicted octanol–water partition coefficient (Wildman–Crippen LogP) is 1.39. The minimum absolute atomic E-state index is 0.191. The summed E-state index contributed by atoms with van der Waals surface area (Å²) >= 11 is 1.77. The van der Waals surface area contributed by atoms with E-state index in [4.69, 9.17) is 0 Å². The summed E-state index contributed by atoms with van der Waals surface area (Å²) in [6.07, 6.45) is 2.06. The smallest absolute Gasteiger partial charge is 0.271 e. The quantitative estimate of drug-likeness (QED) is 0.803. The van der Waals surface area contributed by atoms with Crippen LogP contribution >= 0.6 is 11.8 Å². The maximum Gasteiger partial charge on any atom is 0.271 e. The molecule has 2 N–H and O–H groups in total. The van der Waals surface area contributed by atoms with Crippen LogP contribution in [0.1, 0.15) is 24.3 Å². The zero-order chi connectivity index (χ0) is 12.7. The van der Waals surface area contributed by atoms with Gasteiger partial charge in [0.1, 0.15) is 5.82 Å². The summed E-state index contributed by atoms with van der Waals surface area (Å²) in [6.45, 7) is 4.53. The molecule has 0 aliphatic carbocycles. The highest BCUT2D eigenvalue weighted by atomic mass is 32.2. The highest BCUT2D eigenvalue weighted by Gasteiger charge is 2.07. The van der Waals surface area contributed by atoms with Crippen LogP contribution in [-0.2, 0) is 0 Å². The van der Waals surface area contributed by atoms with Crippen molar-refractivity contribution in [3.63, 3.8) is 0 Å². The van der Waals surface area contributed by atoms with Gasteiger partial charge in [-0.1, -0.05) is 0 Å². The molecule has 1 atom stereocenters. The molecule has 0 aliphatic rings. The van der Waals surface area contributed by atoms with Crippen molar-refractivity contribution in [1.82, 2.24) is 15.5 Å². The van der Waals surface area contributed by atoms with Gasteiger partial charge in [0, 0.05) is 18.3 Å². The van der Waals surface area contributed by atoms with Gasteiger partial charge in [-0.05, 0) is 32.2 Å². The molecule has 0 saturated carbocycles. The summed E-state index contributed by atoms with van der Waals surface area (Å²) in [4.78, 5) is 11.4. The van der Waals surface area contributed by atoms with Crippen LogP contribution in [0.4, 0.5) is 5.82 Å². The Morgan fingerprint density at radius 2 is 2.24 bits per heavy atom. The maximum atomic E-state index is 11.4. The molecule has 6 heteroatoms. The standard InChI is InChI=1S/C11H18N4OS/c1-4-12-11(16)9-5-6-10(15-14-9)13-8(2)7-17-3/h5-6,8H,4,7H2,1-3H3,(H,12,16)(H,13,15). The third-order valence-corrected chi connectivity index (χ3v) is 2.88. The van der Waals surface area contributed by atoms with Gasteiger partial charge in [0.15, 0.2) is 5.69 Å². The van der Waals surface area contributed by atoms with E-state index >= 15 is 0 Å². The number of nitrogens with one attached hydrogen (secondary N) is 2. The fourth-order valence-corrected chi connectivity index (χ4v) is 1.91. The molecule has 0 spiro atoms. The molecule has 0 fully saturated rings. The molecule has 0 radical (unpaired) electrons. The van der Waals surface area contributed by atoms with Gasteiger partial charge in [0.2, 0.25) is 0 Å². The third kappa shape index (κ3) is 4.60. The van der Waals surface area contributed by atoms with Crippen LogP contribution in [0.2, 0.25) is 0 Å². The van der Waals surface area contributed by atoms with Gasteiger partial charge in [-0.15, -0.1) is 10.2 Å². The van der Waals surface area contributed by atoms with Crippen LogP contribution in [0, 0.1) is 0 Å². The number of hydrogen-bond donors (Lipinski definition) is 2. The molecule has 1 rings (SSSR count). The molecule has 0 bridgehead atoms. The zero-order valence-electron chi connectivity index (χ0n) is 10.4. The second kappa shape index (κ2) is 7.11. The molecule has 0 aliphatic heterocycles. The number of amides is 1. The first-order chi connectivity index (χ1) is 8.17. The SMILES string of the molecule is CCNC(=O)c1ccc(NC(C)CSC)nn1. The van der Waals surface area contributed by atoms with E-state index in [1.807, 2.05) is 6.92 Å². The molecule has 0 saturated heterocycles. The lowest BCUT2D eigenvalue weighted by Crippen LogP contribution is -2.24. The van der Waals surface area contributed by atoms with Gasteiger partial charge < -0.3 is 10.6 Å². The predicted molar refractivity (Wildman–Crippen MR) is 71.5 cm³/mol. The Kier molecular flexibility index (Phi) is 5.76. The van der Waals surface area contributed by atoms with Gasteiger partial charge >= 0.3 is 0 Å². The second-order valence-corrected chi connectivity index (χ2v) is 4.57. The first-order valence-electron chi connectivity index (χ1n) is 5.54. The summed E-state index contributed by atoms with van der Waals surface area (Å²) < 4.78 is 0. The molecule has 5 nitrogen and oxygen atoms in total. The highest BCUT2D eigenvalue weighted by molar-refractivity contribution is 7.98. The summed E-state index contributed by atoms with van der Waals surface area (Å²) in [7, 11) is 0. The lowest BCUT2D eigenvalue weighted by Gasteiger charge is -2.12. The molecule has 1 unspecified atom stereocenters. The molecular formula is C11H18N4OS. The first kappa shape index (κ1) is 13.8. The van der Waals surface area contributed by atoms with Crippen molar-refractivity contribution >= 4 is 23.5 Å². The summed E-state index contributed by atoms with van der Waals surface area (Å²) in [5.41, 5.74) is 0.343. The average molecular weight is 254 g/mol. The number of aromatic nitrogens is 2. The van der Waals surface area contributed by atoms with Crippen molar-refractivity contribution in [2.45, 2.75) is 19.9 Å². The Hall–Kier alpha value is -1.30. The molecule has 1 amide bonds. The Balaban J connectivity index is 2.58. The number of nitrogens with zero attached hydrogens (tertiary/aromatic N) is 2. The fourth-order valence-electron chi connectivity index (χ4n) is 1.33. The lowest BCUT2D eigenvalue weighted by atomic mass is 10.3. The monoisotopic (exact) mass is 254 g/mol. The minimum atomic E-state index is -0.191. The zero-order valence-corrected chi connectivity index (χ0v) is 11.2. The number of carbonyl (C=O) groups is 1. The molecule has 1 heterocycles. The van der Waals surface area contributed by atoms with Gasteiger partial charge in [0.05, 0.1) is 0 Å². The average Bonchev–Trinajstić information content (AvgIpc) is 2.30. The van der Waals surface area contributed by atoms with Gasteiger partial charge in [-0.3, -0.25) is 4.79 Å². The number of rotatable bonds is 6. The van der Waals surface area contributed by atoms with E-state index in [1.54, 1.807) is 23.9 Å². The van der Waals surface area contributed by atoms with Crippen molar-refractivity contribution in [2.24, 2.45) is 0 Å². The van der Waals surface area contributed by atoms with Gasteiger partial charge in [0.25, 0.3) is 5.91 Å². The van der Waals surface area contributed by atoms with E-state index in [0.717, 1.165) is 5.75 Å². The van der Waals surface area contributed by atoms with E-state index in [-0.39, 0.29) is 5.91 Å². The van der Waals surface area contributed by atoms with Crippen molar-refractivity contribution in [3.8, 4) is 0 Å². The Morgan fingerprint density at radius 1 is 1.47 bits per heavy atom. The van der Waals surface area contributed by atoms with Crippen molar-refractivity contribution in [2.75, 3.05) is 23.9 Å². The van der Waals surface area contributed by atoms with Crippen LogP contribution in [0.15, 0.2) is 12.1 Å². The van der Waals surface area contributed by atoms with Crippen LogP contribution in [0.5, 0.6) is 0 Å². The minimum Gasteiger partial charge on any atom is -0.365 e. The summed E-state index contributed by atoms with van der Waals surface area (Å²) in [6, 6.07) is 3.77. The summed E-state index contributed by atoms with van der Waals surface area (Å²) in [5, 5.41) is 13.7. The van der Waals surface area contributed by atoms with E-state index in [9.17, 15) is 4.79 Å². The largest absolute Gasteiger partial charge is 0.365 e. The Morgan fingerprint density at radius 3 is 2.76 bits per heavy atom. The van der Waals surface area contributed by atoms with Crippen LogP contribution in [0.3, 0.4) is 0 Å². The van der Waals surface area contributed by atoms with Crippen molar-refractivity contribution in [3.05, 3.63) is 17.8 Å². The first-order valence-corrected chi connectivity index (χ1v) is 6.94. The second-order valence-electron chi connectivity index (χ2n) is 3.66. The number of hydrogen-bond acceptors (Lipinski definition) is 5. The Labute approximate surface area is 106 Å². The normalized spacial score (nSPS) is 11.9. The molecule has 94 valence electrons. The maximum absolute atomic E-state index is 11.4. The molecule has 1 aromatic rings. The van der Waals surface area contributed by atoms with E-state index in [1.165, 1.54) is 0 Å².